The van der Waals surface area contributed by atoms with Crippen LogP contribution in [0.2, 0.25) is 0 Å². The van der Waals surface area contributed by atoms with Gasteiger partial charge in [0.05, 0.1) is 23.6 Å². The summed E-state index contributed by atoms with van der Waals surface area (Å²) in [6.07, 6.45) is 4.01. The van der Waals surface area contributed by atoms with Crippen LogP contribution in [0, 0.1) is 12.7 Å². The van der Waals surface area contributed by atoms with Crippen LogP contribution in [0.15, 0.2) is 30.6 Å². The van der Waals surface area contributed by atoms with E-state index in [2.05, 4.69) is 20.4 Å². The highest BCUT2D eigenvalue weighted by Crippen LogP contribution is 2.31. The minimum atomic E-state index is -0.287. The lowest BCUT2D eigenvalue weighted by Crippen LogP contribution is -2.10. The number of carbonyl (C=O) groups excluding carboxylic acids is 1. The second-order valence-electron chi connectivity index (χ2n) is 7.62. The Bertz CT molecular complexity index is 1340. The number of rotatable bonds is 5. The number of ketones is 1. The second-order valence-corrected chi connectivity index (χ2v) is 7.62. The summed E-state index contributed by atoms with van der Waals surface area (Å²) in [5, 5.41) is 7.60. The fraction of sp³-hybridized carbons (Fsp3) is 0.273. The van der Waals surface area contributed by atoms with Crippen LogP contribution < -0.4 is 10.1 Å². The highest BCUT2D eigenvalue weighted by molar-refractivity contribution is 5.93. The zero-order valence-electron chi connectivity index (χ0n) is 17.4. The number of imidazole rings is 1. The molecular formula is C22H21FN6O2. The molecule has 0 aliphatic carbocycles. The molecule has 1 N–H and O–H groups in total. The number of fused-ring (bicyclic) bond motifs is 2. The molecule has 0 fully saturated rings. The van der Waals surface area contributed by atoms with Crippen LogP contribution in [-0.2, 0) is 20.0 Å². The number of aromatic nitrogens is 5. The van der Waals surface area contributed by atoms with Crippen molar-refractivity contribution in [2.45, 2.75) is 26.8 Å². The van der Waals surface area contributed by atoms with Gasteiger partial charge in [-0.1, -0.05) is 0 Å². The SMILES string of the molecule is CC(=O)c1cn2c(NCc3c(F)ccc4c3CCO4)ncc(-c3cc(C)nn3C)c2n1. The van der Waals surface area contributed by atoms with E-state index in [4.69, 9.17) is 4.74 Å². The summed E-state index contributed by atoms with van der Waals surface area (Å²) >= 11 is 0. The first kappa shape index (κ1) is 19.2. The number of ether oxygens (including phenoxy) is 1. The van der Waals surface area contributed by atoms with E-state index in [-0.39, 0.29) is 18.1 Å². The first-order valence-electron chi connectivity index (χ1n) is 9.99. The lowest BCUT2D eigenvalue weighted by molar-refractivity contribution is 0.101. The lowest BCUT2D eigenvalue weighted by atomic mass is 10.0. The molecule has 4 aromatic rings. The number of anilines is 1. The molecule has 4 heterocycles. The predicted octanol–water partition coefficient (Wildman–Crippen LogP) is 3.33. The first-order chi connectivity index (χ1) is 14.9. The van der Waals surface area contributed by atoms with Gasteiger partial charge in [0.2, 0.25) is 5.95 Å². The minimum absolute atomic E-state index is 0.147. The van der Waals surface area contributed by atoms with E-state index in [1.165, 1.54) is 13.0 Å². The van der Waals surface area contributed by atoms with Crippen molar-refractivity contribution >= 4 is 17.4 Å². The van der Waals surface area contributed by atoms with Gasteiger partial charge >= 0.3 is 0 Å². The topological polar surface area (TPSA) is 86.3 Å². The van der Waals surface area contributed by atoms with Gasteiger partial charge in [-0.25, -0.2) is 14.4 Å². The number of carbonyl (C=O) groups is 1. The molecule has 1 aliphatic heterocycles. The monoisotopic (exact) mass is 420 g/mol. The van der Waals surface area contributed by atoms with E-state index in [1.54, 1.807) is 27.5 Å². The Morgan fingerprint density at radius 2 is 2.19 bits per heavy atom. The maximum absolute atomic E-state index is 14.5. The van der Waals surface area contributed by atoms with E-state index in [9.17, 15) is 9.18 Å². The van der Waals surface area contributed by atoms with Gasteiger partial charge < -0.3 is 10.1 Å². The highest BCUT2D eigenvalue weighted by Gasteiger charge is 2.21. The fourth-order valence-corrected chi connectivity index (χ4v) is 3.99. The Hall–Kier alpha value is -3.75. The normalized spacial score (nSPS) is 12.8. The average molecular weight is 420 g/mol. The van der Waals surface area contributed by atoms with Crippen molar-refractivity contribution in [2.75, 3.05) is 11.9 Å². The minimum Gasteiger partial charge on any atom is -0.493 e. The first-order valence-corrected chi connectivity index (χ1v) is 9.99. The molecule has 8 nitrogen and oxygen atoms in total. The summed E-state index contributed by atoms with van der Waals surface area (Å²) in [4.78, 5) is 21.1. The summed E-state index contributed by atoms with van der Waals surface area (Å²) in [6.45, 7) is 4.17. The average Bonchev–Trinajstić information content (AvgIpc) is 3.45. The smallest absolute Gasteiger partial charge is 0.208 e. The van der Waals surface area contributed by atoms with Crippen LogP contribution in [0.1, 0.15) is 34.2 Å². The molecule has 158 valence electrons. The molecule has 5 rings (SSSR count). The van der Waals surface area contributed by atoms with E-state index in [0.717, 1.165) is 28.3 Å². The molecule has 9 heteroatoms. The molecule has 0 saturated heterocycles. The summed E-state index contributed by atoms with van der Waals surface area (Å²) < 4.78 is 23.5. The Labute approximate surface area is 177 Å². The molecule has 31 heavy (non-hydrogen) atoms. The number of halogens is 1. The number of Topliss-reactive ketones (excluding diaryl/α,β-unsaturated/α-hetero) is 1. The van der Waals surface area contributed by atoms with Gasteiger partial charge in [0.15, 0.2) is 11.4 Å². The Morgan fingerprint density at radius 3 is 2.94 bits per heavy atom. The third-order valence-electron chi connectivity index (χ3n) is 5.49. The standard InChI is InChI=1S/C22H21FN6O2/c1-12-8-19(28(3)27-12)16-10-25-22(29-11-18(13(2)30)26-21(16)29)24-9-15-14-6-7-31-20(14)5-4-17(15)23/h4-5,8,10-11H,6-7,9H2,1-3H3,(H,24,25). The van der Waals surface area contributed by atoms with Crippen molar-refractivity contribution in [1.82, 2.24) is 24.1 Å². The van der Waals surface area contributed by atoms with E-state index in [1.807, 2.05) is 20.0 Å². The van der Waals surface area contributed by atoms with Crippen molar-refractivity contribution in [3.05, 3.63) is 58.9 Å². The summed E-state index contributed by atoms with van der Waals surface area (Å²) in [6, 6.07) is 5.02. The van der Waals surface area contributed by atoms with Crippen LogP contribution >= 0.6 is 0 Å². The zero-order chi connectivity index (χ0) is 21.7. The van der Waals surface area contributed by atoms with Crippen molar-refractivity contribution in [1.29, 1.82) is 0 Å². The second kappa shape index (κ2) is 7.19. The molecular weight excluding hydrogens is 399 g/mol. The van der Waals surface area contributed by atoms with Crippen molar-refractivity contribution in [3.63, 3.8) is 0 Å². The van der Waals surface area contributed by atoms with Crippen LogP contribution in [0.4, 0.5) is 10.3 Å². The number of benzene rings is 1. The van der Waals surface area contributed by atoms with Crippen LogP contribution in [0.3, 0.4) is 0 Å². The molecule has 0 atom stereocenters. The van der Waals surface area contributed by atoms with Gasteiger partial charge in [0.1, 0.15) is 17.3 Å². The number of aryl methyl sites for hydroxylation is 2. The molecule has 0 amide bonds. The van der Waals surface area contributed by atoms with E-state index >= 15 is 0 Å². The summed E-state index contributed by atoms with van der Waals surface area (Å²) in [5.41, 5.74) is 4.80. The molecule has 1 aromatic carbocycles. The molecule has 0 unspecified atom stereocenters. The maximum Gasteiger partial charge on any atom is 0.208 e. The van der Waals surface area contributed by atoms with Gasteiger partial charge in [0.25, 0.3) is 0 Å². The number of hydrogen-bond donors (Lipinski definition) is 1. The largest absolute Gasteiger partial charge is 0.493 e. The van der Waals surface area contributed by atoms with Crippen LogP contribution in [-0.4, -0.2) is 36.5 Å². The Balaban J connectivity index is 1.58. The third kappa shape index (κ3) is 3.22. The van der Waals surface area contributed by atoms with Gasteiger partial charge in [-0.2, -0.15) is 5.10 Å². The number of nitrogens with zero attached hydrogens (tertiary/aromatic N) is 5. The fourth-order valence-electron chi connectivity index (χ4n) is 3.99. The van der Waals surface area contributed by atoms with Gasteiger partial charge in [0, 0.05) is 50.5 Å². The van der Waals surface area contributed by atoms with E-state index < -0.39 is 0 Å². The Morgan fingerprint density at radius 1 is 1.35 bits per heavy atom. The summed E-state index contributed by atoms with van der Waals surface area (Å²) in [5.74, 6) is 0.754. The van der Waals surface area contributed by atoms with Gasteiger partial charge in [-0.3, -0.25) is 13.9 Å². The molecule has 0 spiro atoms. The molecule has 0 radical (unpaired) electrons. The molecule has 0 saturated carbocycles. The van der Waals surface area contributed by atoms with Gasteiger partial charge in [-0.15, -0.1) is 0 Å². The van der Waals surface area contributed by atoms with Crippen LogP contribution in [0.25, 0.3) is 16.9 Å². The molecule has 1 aliphatic rings. The lowest BCUT2D eigenvalue weighted by Gasteiger charge is -2.13. The Kier molecular flexibility index (Phi) is 4.46. The number of nitrogens with one attached hydrogen (secondary N) is 1. The van der Waals surface area contributed by atoms with Gasteiger partial charge in [-0.05, 0) is 25.1 Å². The molecule has 0 bridgehead atoms. The van der Waals surface area contributed by atoms with Crippen molar-refractivity contribution in [2.24, 2.45) is 7.05 Å². The summed E-state index contributed by atoms with van der Waals surface area (Å²) in [7, 11) is 1.85. The van der Waals surface area contributed by atoms with Crippen molar-refractivity contribution in [3.8, 4) is 17.0 Å². The number of hydrogen-bond acceptors (Lipinski definition) is 6. The zero-order valence-corrected chi connectivity index (χ0v) is 17.4. The quantitative estimate of drug-likeness (QED) is 0.499. The van der Waals surface area contributed by atoms with Crippen LogP contribution in [0.5, 0.6) is 5.75 Å². The third-order valence-corrected chi connectivity index (χ3v) is 5.49. The predicted molar refractivity (Wildman–Crippen MR) is 113 cm³/mol. The maximum atomic E-state index is 14.5. The van der Waals surface area contributed by atoms with E-state index in [0.29, 0.717) is 35.9 Å². The molecule has 3 aromatic heterocycles. The van der Waals surface area contributed by atoms with Crippen molar-refractivity contribution < 1.29 is 13.9 Å². The highest BCUT2D eigenvalue weighted by atomic mass is 19.1.